The second kappa shape index (κ2) is 5.14. The lowest BCUT2D eigenvalue weighted by Crippen LogP contribution is -2.62. The van der Waals surface area contributed by atoms with Crippen molar-refractivity contribution in [1.29, 1.82) is 0 Å². The van der Waals surface area contributed by atoms with Gasteiger partial charge in [0.25, 0.3) is 0 Å². The second-order valence-corrected chi connectivity index (χ2v) is 10.3. The summed E-state index contributed by atoms with van der Waals surface area (Å²) in [5.74, 6) is 1.49. The molecule has 1 saturated heterocycles. The second-order valence-electron chi connectivity index (χ2n) is 10.3. The number of aliphatic carboxylic acids is 1. The Morgan fingerprint density at radius 1 is 1.27 bits per heavy atom. The standard InChI is InChI=1S/C22H32O4/c1-12(2)16-10-20(4)11-21(19-25-7-8-26-19)15-6-5-13(3)14(15)9-17(20)22(16,21)18(23)24/h10,12-15,17,19H,5-9,11H2,1-4H3,(H,23,24). The molecular formula is C22H32O4. The molecule has 7 unspecified atom stereocenters. The fourth-order valence-electron chi connectivity index (χ4n) is 8.44. The molecule has 0 spiro atoms. The fourth-order valence-corrected chi connectivity index (χ4v) is 8.44. The van der Waals surface area contributed by atoms with Gasteiger partial charge in [0.15, 0.2) is 6.29 Å². The van der Waals surface area contributed by atoms with Crippen molar-refractivity contribution in [3.8, 4) is 0 Å². The molecule has 0 amide bonds. The predicted molar refractivity (Wildman–Crippen MR) is 97.3 cm³/mol. The summed E-state index contributed by atoms with van der Waals surface area (Å²) < 4.78 is 12.3. The predicted octanol–water partition coefficient (Wildman–Crippen LogP) is 4.10. The van der Waals surface area contributed by atoms with Crippen LogP contribution in [0.1, 0.15) is 53.4 Å². The van der Waals surface area contributed by atoms with Crippen LogP contribution >= 0.6 is 0 Å². The largest absolute Gasteiger partial charge is 0.481 e. The molecular weight excluding hydrogens is 328 g/mol. The van der Waals surface area contributed by atoms with Crippen LogP contribution < -0.4 is 0 Å². The zero-order chi connectivity index (χ0) is 18.5. The number of carboxylic acid groups (broad SMARTS) is 1. The summed E-state index contributed by atoms with van der Waals surface area (Å²) in [4.78, 5) is 13.1. The lowest BCUT2D eigenvalue weighted by molar-refractivity contribution is -0.227. The Bertz CT molecular complexity index is 678. The van der Waals surface area contributed by atoms with E-state index in [0.717, 1.165) is 24.8 Å². The van der Waals surface area contributed by atoms with Gasteiger partial charge < -0.3 is 14.6 Å². The van der Waals surface area contributed by atoms with Gasteiger partial charge in [-0.3, -0.25) is 4.79 Å². The number of carbonyl (C=O) groups is 1. The first-order valence-electron chi connectivity index (χ1n) is 10.5. The average molecular weight is 360 g/mol. The average Bonchev–Trinajstić information content (AvgIpc) is 3.30. The maximum atomic E-state index is 13.1. The molecule has 4 fully saturated rings. The van der Waals surface area contributed by atoms with Crippen LogP contribution in [0.5, 0.6) is 0 Å². The summed E-state index contributed by atoms with van der Waals surface area (Å²) >= 11 is 0. The van der Waals surface area contributed by atoms with Gasteiger partial charge >= 0.3 is 5.97 Å². The van der Waals surface area contributed by atoms with Gasteiger partial charge in [0, 0.05) is 5.41 Å². The molecule has 26 heavy (non-hydrogen) atoms. The Morgan fingerprint density at radius 2 is 1.96 bits per heavy atom. The molecule has 0 aromatic carbocycles. The van der Waals surface area contributed by atoms with Crippen LogP contribution in [-0.4, -0.2) is 30.6 Å². The molecule has 144 valence electrons. The summed E-state index contributed by atoms with van der Waals surface area (Å²) in [5.41, 5.74) is -0.106. The molecule has 1 heterocycles. The first-order valence-corrected chi connectivity index (χ1v) is 10.5. The molecule has 0 radical (unpaired) electrons. The number of hydrogen-bond donors (Lipinski definition) is 1. The van der Waals surface area contributed by atoms with Crippen LogP contribution in [0.25, 0.3) is 0 Å². The normalized spacial score (nSPS) is 52.6. The quantitative estimate of drug-likeness (QED) is 0.770. The molecule has 5 rings (SSSR count). The van der Waals surface area contributed by atoms with Crippen molar-refractivity contribution in [3.05, 3.63) is 11.6 Å². The summed E-state index contributed by atoms with van der Waals surface area (Å²) in [5, 5.41) is 10.8. The molecule has 3 saturated carbocycles. The first kappa shape index (κ1) is 17.2. The Morgan fingerprint density at radius 3 is 2.58 bits per heavy atom. The number of hydrogen-bond acceptors (Lipinski definition) is 3. The van der Waals surface area contributed by atoms with Gasteiger partial charge in [-0.05, 0) is 54.3 Å². The highest BCUT2D eigenvalue weighted by atomic mass is 16.7. The smallest absolute Gasteiger partial charge is 0.314 e. The summed E-state index contributed by atoms with van der Waals surface area (Å²) in [7, 11) is 0. The van der Waals surface area contributed by atoms with Crippen molar-refractivity contribution in [3.63, 3.8) is 0 Å². The van der Waals surface area contributed by atoms with E-state index in [9.17, 15) is 9.90 Å². The molecule has 5 aliphatic rings. The van der Waals surface area contributed by atoms with Gasteiger partial charge in [-0.15, -0.1) is 0 Å². The SMILES string of the molecule is CC(C)C1=CC2(C)CC3(C4OCCO4)C4CCC(C)C4CC2C13C(=O)O. The number of fused-ring (bicyclic) bond motifs is 2. The van der Waals surface area contributed by atoms with Crippen molar-refractivity contribution in [1.82, 2.24) is 0 Å². The summed E-state index contributed by atoms with van der Waals surface area (Å²) in [6, 6.07) is 0. The van der Waals surface area contributed by atoms with Gasteiger partial charge in [0.2, 0.25) is 0 Å². The van der Waals surface area contributed by atoms with E-state index < -0.39 is 16.8 Å². The van der Waals surface area contributed by atoms with Crippen molar-refractivity contribution >= 4 is 5.97 Å². The van der Waals surface area contributed by atoms with E-state index in [2.05, 4.69) is 33.8 Å². The molecule has 1 N–H and O–H groups in total. The molecule has 7 atom stereocenters. The van der Waals surface area contributed by atoms with E-state index in [0.29, 0.717) is 31.0 Å². The van der Waals surface area contributed by atoms with Crippen molar-refractivity contribution < 1.29 is 19.4 Å². The maximum absolute atomic E-state index is 13.1. The number of ether oxygens (including phenoxy) is 2. The fraction of sp³-hybridized carbons (Fsp3) is 0.864. The zero-order valence-corrected chi connectivity index (χ0v) is 16.5. The number of rotatable bonds is 3. The number of carboxylic acids is 1. The molecule has 1 aliphatic heterocycles. The highest BCUT2D eigenvalue weighted by Crippen LogP contribution is 2.83. The van der Waals surface area contributed by atoms with E-state index >= 15 is 0 Å². The van der Waals surface area contributed by atoms with E-state index in [1.807, 2.05) is 0 Å². The minimum Gasteiger partial charge on any atom is -0.481 e. The summed E-state index contributed by atoms with van der Waals surface area (Å²) in [6.45, 7) is 10.2. The molecule has 4 nitrogen and oxygen atoms in total. The topological polar surface area (TPSA) is 55.8 Å². The van der Waals surface area contributed by atoms with E-state index in [1.54, 1.807) is 0 Å². The monoisotopic (exact) mass is 360 g/mol. The minimum atomic E-state index is -0.809. The molecule has 0 aromatic heterocycles. The van der Waals surface area contributed by atoms with Crippen LogP contribution in [0.15, 0.2) is 11.6 Å². The molecule has 0 aromatic rings. The summed E-state index contributed by atoms with van der Waals surface area (Å²) in [6.07, 6.45) is 6.29. The Labute approximate surface area is 156 Å². The van der Waals surface area contributed by atoms with Gasteiger partial charge in [-0.2, -0.15) is 0 Å². The maximum Gasteiger partial charge on any atom is 0.314 e. The van der Waals surface area contributed by atoms with Crippen molar-refractivity contribution in [2.45, 2.75) is 59.7 Å². The lowest BCUT2D eigenvalue weighted by Gasteiger charge is -2.57. The molecule has 4 heteroatoms. The first-order chi connectivity index (χ1) is 12.3. The van der Waals surface area contributed by atoms with Crippen LogP contribution in [0, 0.1) is 45.8 Å². The third kappa shape index (κ3) is 1.64. The van der Waals surface area contributed by atoms with Gasteiger partial charge in [-0.25, -0.2) is 0 Å². The van der Waals surface area contributed by atoms with Crippen molar-refractivity contribution in [2.24, 2.45) is 45.8 Å². The lowest BCUT2D eigenvalue weighted by atomic mass is 9.46. The van der Waals surface area contributed by atoms with Gasteiger partial charge in [0.1, 0.15) is 5.41 Å². The Kier molecular flexibility index (Phi) is 3.41. The highest BCUT2D eigenvalue weighted by molar-refractivity contribution is 5.84. The van der Waals surface area contributed by atoms with Crippen LogP contribution in [-0.2, 0) is 14.3 Å². The van der Waals surface area contributed by atoms with E-state index in [-0.39, 0.29) is 23.5 Å². The minimum absolute atomic E-state index is 0.0443. The zero-order valence-electron chi connectivity index (χ0n) is 16.5. The molecule has 4 aliphatic carbocycles. The molecule has 4 bridgehead atoms. The Hall–Kier alpha value is -0.870. The van der Waals surface area contributed by atoms with Crippen molar-refractivity contribution in [2.75, 3.05) is 13.2 Å². The number of allylic oxidation sites excluding steroid dienone is 1. The van der Waals surface area contributed by atoms with E-state index in [4.69, 9.17) is 9.47 Å². The third-order valence-corrected chi connectivity index (χ3v) is 9.02. The van der Waals surface area contributed by atoms with Crippen LogP contribution in [0.4, 0.5) is 0 Å². The van der Waals surface area contributed by atoms with Crippen LogP contribution in [0.2, 0.25) is 0 Å². The third-order valence-electron chi connectivity index (χ3n) is 9.02. The Balaban J connectivity index is 1.78. The van der Waals surface area contributed by atoms with Gasteiger partial charge in [0.05, 0.1) is 13.2 Å². The van der Waals surface area contributed by atoms with Gasteiger partial charge in [-0.1, -0.05) is 45.8 Å². The highest BCUT2D eigenvalue weighted by Gasteiger charge is 2.83. The van der Waals surface area contributed by atoms with Crippen LogP contribution in [0.3, 0.4) is 0 Å². The van der Waals surface area contributed by atoms with E-state index in [1.165, 1.54) is 6.42 Å².